The Morgan fingerprint density at radius 1 is 1.04 bits per heavy atom. The second kappa shape index (κ2) is 5.24. The molecule has 1 heterocycles. The van der Waals surface area contributed by atoms with Gasteiger partial charge in [0.2, 0.25) is 0 Å². The number of benzene rings is 2. The fourth-order valence-corrected chi connectivity index (χ4v) is 2.44. The van der Waals surface area contributed by atoms with Crippen LogP contribution in [0.1, 0.15) is 5.56 Å². The minimum Gasteiger partial charge on any atom is -0.508 e. The Morgan fingerprint density at radius 3 is 2.48 bits per heavy atom. The summed E-state index contributed by atoms with van der Waals surface area (Å²) in [6, 6.07) is 6.75. The molecule has 0 saturated carbocycles. The molecule has 1 aromatic heterocycles. The van der Waals surface area contributed by atoms with E-state index in [9.17, 15) is 20.1 Å². The molecule has 0 aliphatic rings. The van der Waals surface area contributed by atoms with Gasteiger partial charge >= 0.3 is 0 Å². The summed E-state index contributed by atoms with van der Waals surface area (Å²) in [5.74, 6) is -0.0698. The monoisotopic (exact) mass is 314 g/mol. The van der Waals surface area contributed by atoms with Gasteiger partial charge < -0.3 is 24.5 Å². The van der Waals surface area contributed by atoms with Gasteiger partial charge in [-0.15, -0.1) is 0 Å². The van der Waals surface area contributed by atoms with Gasteiger partial charge in [-0.2, -0.15) is 0 Å². The highest BCUT2D eigenvalue weighted by Gasteiger charge is 2.14. The highest BCUT2D eigenvalue weighted by molar-refractivity contribution is 5.86. The Balaban J connectivity index is 2.30. The Kier molecular flexibility index (Phi) is 3.37. The van der Waals surface area contributed by atoms with Crippen molar-refractivity contribution < 1.29 is 24.5 Å². The first-order valence-corrected chi connectivity index (χ1v) is 6.78. The molecule has 6 nitrogen and oxygen atoms in total. The molecule has 3 N–H and O–H groups in total. The van der Waals surface area contributed by atoms with Gasteiger partial charge in [-0.25, -0.2) is 0 Å². The van der Waals surface area contributed by atoms with E-state index >= 15 is 0 Å². The first-order valence-electron chi connectivity index (χ1n) is 6.78. The second-order valence-corrected chi connectivity index (χ2v) is 5.16. The summed E-state index contributed by atoms with van der Waals surface area (Å²) < 4.78 is 10.7. The molecular weight excluding hydrogens is 300 g/mol. The maximum Gasteiger partial charge on any atom is 0.197 e. The van der Waals surface area contributed by atoms with Crippen molar-refractivity contribution in [2.24, 2.45) is 0 Å². The van der Waals surface area contributed by atoms with Gasteiger partial charge in [0.15, 0.2) is 16.9 Å². The molecular formula is C17H14O6. The van der Waals surface area contributed by atoms with E-state index in [1.807, 2.05) is 0 Å². The first kappa shape index (κ1) is 14.8. The maximum absolute atomic E-state index is 12.2. The number of hydrogen-bond donors (Lipinski definition) is 3. The number of phenols is 3. The van der Waals surface area contributed by atoms with Gasteiger partial charge in [-0.3, -0.25) is 4.79 Å². The molecule has 0 aliphatic carbocycles. The second-order valence-electron chi connectivity index (χ2n) is 5.16. The van der Waals surface area contributed by atoms with Crippen molar-refractivity contribution in [1.82, 2.24) is 0 Å². The summed E-state index contributed by atoms with van der Waals surface area (Å²) in [4.78, 5) is 12.2. The van der Waals surface area contributed by atoms with Crippen LogP contribution in [-0.2, 0) is 0 Å². The summed E-state index contributed by atoms with van der Waals surface area (Å²) in [5.41, 5.74) is 0.706. The van der Waals surface area contributed by atoms with Crippen LogP contribution in [0.2, 0.25) is 0 Å². The molecule has 0 bridgehead atoms. The lowest BCUT2D eigenvalue weighted by Gasteiger charge is -2.10. The van der Waals surface area contributed by atoms with Crippen molar-refractivity contribution in [3.8, 4) is 34.3 Å². The molecule has 23 heavy (non-hydrogen) atoms. The Labute approximate surface area is 130 Å². The quantitative estimate of drug-likeness (QED) is 0.672. The summed E-state index contributed by atoms with van der Waals surface area (Å²) in [7, 11) is 1.42. The van der Waals surface area contributed by atoms with E-state index < -0.39 is 5.43 Å². The van der Waals surface area contributed by atoms with Crippen LogP contribution in [0, 0.1) is 6.92 Å². The predicted octanol–water partition coefficient (Wildman–Crippen LogP) is 2.89. The van der Waals surface area contributed by atoms with Crippen molar-refractivity contribution in [3.63, 3.8) is 0 Å². The summed E-state index contributed by atoms with van der Waals surface area (Å²) in [6.45, 7) is 1.69. The van der Waals surface area contributed by atoms with Crippen molar-refractivity contribution in [2.45, 2.75) is 6.92 Å². The molecule has 6 heteroatoms. The van der Waals surface area contributed by atoms with Crippen LogP contribution in [0.25, 0.3) is 22.3 Å². The third-order valence-electron chi connectivity index (χ3n) is 3.56. The predicted molar refractivity (Wildman–Crippen MR) is 84.2 cm³/mol. The lowest BCUT2D eigenvalue weighted by atomic mass is 10.1. The smallest absolute Gasteiger partial charge is 0.197 e. The van der Waals surface area contributed by atoms with Crippen molar-refractivity contribution in [3.05, 3.63) is 46.1 Å². The molecule has 3 aromatic rings. The van der Waals surface area contributed by atoms with E-state index in [1.54, 1.807) is 13.0 Å². The van der Waals surface area contributed by atoms with Crippen LogP contribution in [0.15, 0.2) is 39.5 Å². The Bertz CT molecular complexity index is 971. The molecule has 0 saturated heterocycles. The van der Waals surface area contributed by atoms with Crippen LogP contribution < -0.4 is 10.2 Å². The van der Waals surface area contributed by atoms with Crippen molar-refractivity contribution >= 4 is 11.0 Å². The fourth-order valence-electron chi connectivity index (χ4n) is 2.44. The number of hydrogen-bond acceptors (Lipinski definition) is 6. The lowest BCUT2D eigenvalue weighted by Crippen LogP contribution is -2.01. The third kappa shape index (κ3) is 2.44. The first-order chi connectivity index (χ1) is 10.9. The van der Waals surface area contributed by atoms with E-state index in [0.717, 1.165) is 6.07 Å². The average Bonchev–Trinajstić information content (AvgIpc) is 2.48. The highest BCUT2D eigenvalue weighted by atomic mass is 16.5. The van der Waals surface area contributed by atoms with E-state index in [2.05, 4.69) is 0 Å². The standard InChI is InChI=1S/C17H14O6/c1-8-3-9(4-15(22-2)17(8)21)13-7-12(20)16-11(19)5-10(18)6-14(16)23-13/h3-7,18-19,21H,1-2H3. The van der Waals surface area contributed by atoms with Gasteiger partial charge in [0.05, 0.1) is 7.11 Å². The number of aromatic hydroxyl groups is 3. The van der Waals surface area contributed by atoms with Crippen LogP contribution in [-0.4, -0.2) is 22.4 Å². The maximum atomic E-state index is 12.2. The summed E-state index contributed by atoms with van der Waals surface area (Å²) in [6.07, 6.45) is 0. The molecule has 3 rings (SSSR count). The molecule has 2 aromatic carbocycles. The van der Waals surface area contributed by atoms with Crippen LogP contribution in [0.4, 0.5) is 0 Å². The number of phenolic OH excluding ortho intramolecular Hbond substituents is 3. The molecule has 0 spiro atoms. The van der Waals surface area contributed by atoms with Crippen molar-refractivity contribution in [2.75, 3.05) is 7.11 Å². The topological polar surface area (TPSA) is 100 Å². The number of aryl methyl sites for hydroxylation is 1. The Morgan fingerprint density at radius 2 is 1.78 bits per heavy atom. The average molecular weight is 314 g/mol. The number of ether oxygens (including phenoxy) is 1. The number of methoxy groups -OCH3 is 1. The van der Waals surface area contributed by atoms with Gasteiger partial charge in [0, 0.05) is 23.8 Å². The minimum absolute atomic E-state index is 0.00554. The largest absolute Gasteiger partial charge is 0.508 e. The number of fused-ring (bicyclic) bond motifs is 1. The SMILES string of the molecule is COc1cc(-c2cc(=O)c3c(O)cc(O)cc3o2)cc(C)c1O. The van der Waals surface area contributed by atoms with E-state index in [1.165, 1.54) is 25.3 Å². The van der Waals surface area contributed by atoms with Crippen LogP contribution in [0.5, 0.6) is 23.0 Å². The van der Waals surface area contributed by atoms with Gasteiger partial charge in [-0.05, 0) is 24.6 Å². The zero-order valence-corrected chi connectivity index (χ0v) is 12.5. The molecule has 0 unspecified atom stereocenters. The zero-order chi connectivity index (χ0) is 16.7. The van der Waals surface area contributed by atoms with E-state index in [-0.39, 0.29) is 39.7 Å². The third-order valence-corrected chi connectivity index (χ3v) is 3.56. The lowest BCUT2D eigenvalue weighted by molar-refractivity contribution is 0.372. The van der Waals surface area contributed by atoms with Gasteiger partial charge in [0.1, 0.15) is 28.2 Å². The highest BCUT2D eigenvalue weighted by Crippen LogP contribution is 2.36. The Hall–Kier alpha value is -3.15. The normalized spacial score (nSPS) is 10.9. The van der Waals surface area contributed by atoms with Gasteiger partial charge in [-0.1, -0.05) is 0 Å². The van der Waals surface area contributed by atoms with Crippen LogP contribution in [0.3, 0.4) is 0 Å². The fraction of sp³-hybridized carbons (Fsp3) is 0.118. The summed E-state index contributed by atoms with van der Waals surface area (Å²) in [5, 5.41) is 29.2. The van der Waals surface area contributed by atoms with Crippen molar-refractivity contribution in [1.29, 1.82) is 0 Å². The summed E-state index contributed by atoms with van der Waals surface area (Å²) >= 11 is 0. The molecule has 0 radical (unpaired) electrons. The van der Waals surface area contributed by atoms with E-state index in [4.69, 9.17) is 9.15 Å². The molecule has 0 amide bonds. The minimum atomic E-state index is -0.441. The number of rotatable bonds is 2. The molecule has 0 atom stereocenters. The molecule has 118 valence electrons. The van der Waals surface area contributed by atoms with E-state index in [0.29, 0.717) is 11.1 Å². The zero-order valence-electron chi connectivity index (χ0n) is 12.5. The molecule has 0 fully saturated rings. The molecule has 0 aliphatic heterocycles. The van der Waals surface area contributed by atoms with Crippen LogP contribution >= 0.6 is 0 Å². The van der Waals surface area contributed by atoms with Gasteiger partial charge in [0.25, 0.3) is 0 Å².